The Morgan fingerprint density at radius 3 is 2.41 bits per heavy atom. The number of carboxylic acids is 1. The number of carbonyl (C=O) groups excluding carboxylic acids is 1. The summed E-state index contributed by atoms with van der Waals surface area (Å²) >= 11 is 0. The molecular weight excluding hydrogens is 224 g/mol. The number of hydrogen-bond donors (Lipinski definition) is 3. The molecule has 98 valence electrons. The first kappa shape index (κ1) is 13.8. The Kier molecular flexibility index (Phi) is 5.21. The summed E-state index contributed by atoms with van der Waals surface area (Å²) in [7, 11) is 0. The van der Waals surface area contributed by atoms with E-state index >= 15 is 0 Å². The van der Waals surface area contributed by atoms with Crippen LogP contribution in [0.5, 0.6) is 0 Å². The van der Waals surface area contributed by atoms with Crippen LogP contribution in [-0.4, -0.2) is 42.4 Å². The number of amides is 2. The summed E-state index contributed by atoms with van der Waals surface area (Å²) in [5.74, 6) is -1.51. The van der Waals surface area contributed by atoms with Gasteiger partial charge in [-0.2, -0.15) is 0 Å². The highest BCUT2D eigenvalue weighted by Crippen LogP contribution is 2.06. The molecule has 0 aromatic rings. The van der Waals surface area contributed by atoms with Crippen LogP contribution in [0, 0.1) is 5.92 Å². The Hall–Kier alpha value is -1.30. The van der Waals surface area contributed by atoms with Gasteiger partial charge in [0.05, 0.1) is 5.92 Å². The predicted molar refractivity (Wildman–Crippen MR) is 61.8 cm³/mol. The smallest absolute Gasteiger partial charge is 0.315 e. The van der Waals surface area contributed by atoms with E-state index < -0.39 is 17.9 Å². The third-order valence-electron chi connectivity index (χ3n) is 3.05. The maximum absolute atomic E-state index is 11.6. The molecule has 0 bridgehead atoms. The highest BCUT2D eigenvalue weighted by molar-refractivity contribution is 5.76. The van der Waals surface area contributed by atoms with E-state index in [-0.39, 0.29) is 12.1 Å². The number of rotatable bonds is 4. The van der Waals surface area contributed by atoms with E-state index in [1.807, 2.05) is 0 Å². The summed E-state index contributed by atoms with van der Waals surface area (Å²) in [4.78, 5) is 22.3. The third-order valence-corrected chi connectivity index (χ3v) is 3.05. The molecule has 0 radical (unpaired) electrons. The van der Waals surface area contributed by atoms with Crippen molar-refractivity contribution in [1.29, 1.82) is 0 Å². The van der Waals surface area contributed by atoms with Crippen molar-refractivity contribution in [2.45, 2.75) is 38.8 Å². The van der Waals surface area contributed by atoms with Crippen molar-refractivity contribution in [3.05, 3.63) is 0 Å². The fourth-order valence-electron chi connectivity index (χ4n) is 1.61. The van der Waals surface area contributed by atoms with E-state index in [1.165, 1.54) is 0 Å². The first-order chi connectivity index (χ1) is 8.00. The second kappa shape index (κ2) is 6.44. The number of carboxylic acid groups (broad SMARTS) is 1. The monoisotopic (exact) mass is 244 g/mol. The van der Waals surface area contributed by atoms with Crippen molar-refractivity contribution >= 4 is 12.0 Å². The summed E-state index contributed by atoms with van der Waals surface area (Å²) in [6.45, 7) is 4.57. The maximum Gasteiger partial charge on any atom is 0.315 e. The second-order valence-corrected chi connectivity index (χ2v) is 4.42. The van der Waals surface area contributed by atoms with Crippen LogP contribution in [-0.2, 0) is 9.53 Å². The normalized spacial score (nSPS) is 20.4. The lowest BCUT2D eigenvalue weighted by atomic mass is 10.0. The minimum atomic E-state index is -0.913. The molecule has 0 aromatic carbocycles. The Labute approximate surface area is 101 Å². The van der Waals surface area contributed by atoms with Crippen molar-refractivity contribution in [3.63, 3.8) is 0 Å². The molecule has 1 heterocycles. The van der Waals surface area contributed by atoms with Gasteiger partial charge in [0, 0.05) is 25.3 Å². The molecule has 0 saturated carbocycles. The molecule has 6 nitrogen and oxygen atoms in total. The van der Waals surface area contributed by atoms with E-state index in [1.54, 1.807) is 13.8 Å². The quantitative estimate of drug-likeness (QED) is 0.674. The average molecular weight is 244 g/mol. The lowest BCUT2D eigenvalue weighted by molar-refractivity contribution is -0.141. The van der Waals surface area contributed by atoms with Crippen molar-refractivity contribution in [1.82, 2.24) is 10.6 Å². The second-order valence-electron chi connectivity index (χ2n) is 4.42. The Morgan fingerprint density at radius 2 is 1.88 bits per heavy atom. The van der Waals surface area contributed by atoms with Gasteiger partial charge in [-0.05, 0) is 26.7 Å². The maximum atomic E-state index is 11.6. The van der Waals surface area contributed by atoms with Gasteiger partial charge in [0.15, 0.2) is 0 Å². The summed E-state index contributed by atoms with van der Waals surface area (Å²) in [6, 6.07) is -0.582. The first-order valence-electron chi connectivity index (χ1n) is 5.88. The zero-order valence-electron chi connectivity index (χ0n) is 10.2. The molecule has 6 heteroatoms. The molecule has 0 spiro atoms. The van der Waals surface area contributed by atoms with Crippen LogP contribution < -0.4 is 10.6 Å². The molecule has 17 heavy (non-hydrogen) atoms. The van der Waals surface area contributed by atoms with Gasteiger partial charge in [0.1, 0.15) is 0 Å². The average Bonchev–Trinajstić information content (AvgIpc) is 2.28. The molecule has 1 saturated heterocycles. The minimum Gasteiger partial charge on any atom is -0.481 e. The molecule has 3 N–H and O–H groups in total. The molecule has 0 aliphatic carbocycles. The molecule has 1 aliphatic rings. The van der Waals surface area contributed by atoms with Crippen molar-refractivity contribution in [2.75, 3.05) is 13.2 Å². The largest absolute Gasteiger partial charge is 0.481 e. The fourth-order valence-corrected chi connectivity index (χ4v) is 1.61. The molecule has 1 aliphatic heterocycles. The van der Waals surface area contributed by atoms with Crippen molar-refractivity contribution in [2.24, 2.45) is 5.92 Å². The van der Waals surface area contributed by atoms with Crippen LogP contribution in [0.4, 0.5) is 4.79 Å². The van der Waals surface area contributed by atoms with E-state index in [2.05, 4.69) is 10.6 Å². The van der Waals surface area contributed by atoms with Crippen LogP contribution in [0.3, 0.4) is 0 Å². The lowest BCUT2D eigenvalue weighted by Gasteiger charge is -2.25. The van der Waals surface area contributed by atoms with Crippen LogP contribution in [0.25, 0.3) is 0 Å². The fraction of sp³-hybridized carbons (Fsp3) is 0.818. The Balaban J connectivity index is 2.30. The topological polar surface area (TPSA) is 87.7 Å². The molecule has 2 unspecified atom stereocenters. The summed E-state index contributed by atoms with van der Waals surface area (Å²) in [5, 5.41) is 14.3. The number of ether oxygens (including phenoxy) is 1. The summed E-state index contributed by atoms with van der Waals surface area (Å²) in [5.41, 5.74) is 0. The van der Waals surface area contributed by atoms with Crippen molar-refractivity contribution in [3.8, 4) is 0 Å². The number of nitrogens with one attached hydrogen (secondary N) is 2. The predicted octanol–water partition coefficient (Wildman–Crippen LogP) is 0.574. The third kappa shape index (κ3) is 4.60. The van der Waals surface area contributed by atoms with Gasteiger partial charge in [0.2, 0.25) is 0 Å². The first-order valence-corrected chi connectivity index (χ1v) is 5.88. The van der Waals surface area contributed by atoms with Gasteiger partial charge >= 0.3 is 12.0 Å². The number of carbonyl (C=O) groups is 2. The molecular formula is C11H20N2O4. The molecule has 0 aromatic heterocycles. The molecule has 2 amide bonds. The van der Waals surface area contributed by atoms with Crippen LogP contribution in [0.1, 0.15) is 26.7 Å². The highest BCUT2D eigenvalue weighted by Gasteiger charge is 2.22. The van der Waals surface area contributed by atoms with Crippen LogP contribution in [0.15, 0.2) is 0 Å². The summed E-state index contributed by atoms with van der Waals surface area (Å²) < 4.78 is 5.18. The zero-order chi connectivity index (χ0) is 12.8. The van der Waals surface area contributed by atoms with E-state index in [4.69, 9.17) is 9.84 Å². The van der Waals surface area contributed by atoms with Gasteiger partial charge in [-0.15, -0.1) is 0 Å². The van der Waals surface area contributed by atoms with E-state index in [0.29, 0.717) is 13.2 Å². The number of urea groups is 1. The Bertz CT molecular complexity index is 277. The van der Waals surface area contributed by atoms with Gasteiger partial charge in [-0.3, -0.25) is 4.79 Å². The van der Waals surface area contributed by atoms with E-state index in [9.17, 15) is 9.59 Å². The standard InChI is InChI=1S/C11H20N2O4/c1-7(10(14)15)8(2)12-11(16)13-9-3-5-17-6-4-9/h7-9H,3-6H2,1-2H3,(H,14,15)(H2,12,13,16). The minimum absolute atomic E-state index is 0.121. The van der Waals surface area contributed by atoms with Crippen LogP contribution >= 0.6 is 0 Å². The highest BCUT2D eigenvalue weighted by atomic mass is 16.5. The zero-order valence-corrected chi connectivity index (χ0v) is 10.2. The molecule has 2 atom stereocenters. The molecule has 1 rings (SSSR count). The number of aliphatic carboxylic acids is 1. The van der Waals surface area contributed by atoms with Gasteiger partial charge in [0.25, 0.3) is 0 Å². The number of hydrogen-bond acceptors (Lipinski definition) is 3. The molecule has 1 fully saturated rings. The SMILES string of the molecule is CC(NC(=O)NC1CCOCC1)C(C)C(=O)O. The van der Waals surface area contributed by atoms with Gasteiger partial charge < -0.3 is 20.5 Å². The van der Waals surface area contributed by atoms with E-state index in [0.717, 1.165) is 12.8 Å². The van der Waals surface area contributed by atoms with Gasteiger partial charge in [-0.25, -0.2) is 4.79 Å². The van der Waals surface area contributed by atoms with Crippen LogP contribution in [0.2, 0.25) is 0 Å². The van der Waals surface area contributed by atoms with Crippen molar-refractivity contribution < 1.29 is 19.4 Å². The Morgan fingerprint density at radius 1 is 1.29 bits per heavy atom. The lowest BCUT2D eigenvalue weighted by Crippen LogP contribution is -2.49. The summed E-state index contributed by atoms with van der Waals surface area (Å²) in [6.07, 6.45) is 1.60. The van der Waals surface area contributed by atoms with Gasteiger partial charge in [-0.1, -0.05) is 0 Å².